The number of hydrogen-bond donors (Lipinski definition) is 3. The number of carbonyl (C=O) groups excluding carboxylic acids is 3. The number of ether oxygens (including phenoxy) is 4. The van der Waals surface area contributed by atoms with Crippen LogP contribution >= 0.6 is 0 Å². The van der Waals surface area contributed by atoms with Crippen molar-refractivity contribution in [2.24, 2.45) is 35.3 Å². The van der Waals surface area contributed by atoms with Crippen molar-refractivity contribution in [2.45, 2.75) is 96.9 Å². The fraction of sp³-hybridized carbons (Fsp3) is 0.767. The summed E-state index contributed by atoms with van der Waals surface area (Å²) in [5.74, 6) is -1.58. The van der Waals surface area contributed by atoms with Gasteiger partial charge >= 0.3 is 6.09 Å². The molecule has 10 heteroatoms. The number of carbonyl (C=O) groups is 3. The lowest BCUT2D eigenvalue weighted by atomic mass is 9.74. The molecule has 228 valence electrons. The van der Waals surface area contributed by atoms with E-state index in [1.807, 2.05) is 45.9 Å². The molecule has 0 spiro atoms. The van der Waals surface area contributed by atoms with E-state index in [4.69, 9.17) is 24.7 Å². The van der Waals surface area contributed by atoms with Gasteiger partial charge in [-0.05, 0) is 31.3 Å². The van der Waals surface area contributed by atoms with Crippen molar-refractivity contribution in [1.82, 2.24) is 5.32 Å². The molecule has 1 aliphatic carbocycles. The van der Waals surface area contributed by atoms with Crippen LogP contribution in [0.2, 0.25) is 0 Å². The third-order valence-corrected chi connectivity index (χ3v) is 8.48. The summed E-state index contributed by atoms with van der Waals surface area (Å²) in [5, 5.41) is 14.2. The molecule has 0 saturated heterocycles. The average Bonchev–Trinajstić information content (AvgIpc) is 2.88. The number of rotatable bonds is 4. The fourth-order valence-corrected chi connectivity index (χ4v) is 6.35. The van der Waals surface area contributed by atoms with E-state index in [9.17, 15) is 19.5 Å². The molecule has 40 heavy (non-hydrogen) atoms. The van der Waals surface area contributed by atoms with E-state index in [0.29, 0.717) is 12.8 Å². The van der Waals surface area contributed by atoms with Crippen LogP contribution in [-0.4, -0.2) is 80.8 Å². The maximum absolute atomic E-state index is 13.0. The Bertz CT molecular complexity index is 921. The second-order valence-electron chi connectivity index (χ2n) is 11.7. The number of aliphatic hydroxyl groups is 1. The molecular formula is C30H50N2O8. The van der Waals surface area contributed by atoms with Gasteiger partial charge < -0.3 is 35.1 Å². The first-order chi connectivity index (χ1) is 18.8. The van der Waals surface area contributed by atoms with Crippen LogP contribution in [-0.2, 0) is 28.5 Å². The SMILES string of the molecule is CO[C@H]1[C@@H](OC)C[C@H](C)[C@@H](OC)C2CC(=O)CC(NC(=O)C(C)C/C=C/[C@H](C)[C@@H](OC(N)=O)/C(C)=C/[C@@H]1C)C2O. The summed E-state index contributed by atoms with van der Waals surface area (Å²) in [6.07, 6.45) is 3.49. The number of hydrogen-bond acceptors (Lipinski definition) is 8. The number of primary amides is 1. The van der Waals surface area contributed by atoms with E-state index in [0.717, 1.165) is 5.57 Å². The zero-order valence-corrected chi connectivity index (χ0v) is 25.3. The summed E-state index contributed by atoms with van der Waals surface area (Å²) >= 11 is 0. The second-order valence-corrected chi connectivity index (χ2v) is 11.7. The number of amides is 2. The molecule has 1 saturated carbocycles. The van der Waals surface area contributed by atoms with Crippen LogP contribution in [0.15, 0.2) is 23.8 Å². The van der Waals surface area contributed by atoms with Crippen molar-refractivity contribution < 1.29 is 38.4 Å². The van der Waals surface area contributed by atoms with Crippen LogP contribution < -0.4 is 11.1 Å². The van der Waals surface area contributed by atoms with Crippen LogP contribution in [0.5, 0.6) is 0 Å². The summed E-state index contributed by atoms with van der Waals surface area (Å²) in [5.41, 5.74) is 6.23. The Morgan fingerprint density at radius 3 is 2.23 bits per heavy atom. The third-order valence-electron chi connectivity index (χ3n) is 8.48. The molecule has 2 aliphatic rings. The molecule has 1 fully saturated rings. The molecule has 1 heterocycles. The first-order valence-corrected chi connectivity index (χ1v) is 14.2. The molecule has 0 aromatic rings. The van der Waals surface area contributed by atoms with E-state index >= 15 is 0 Å². The number of allylic oxidation sites excluding steroid dienone is 1. The molecular weight excluding hydrogens is 516 g/mol. The number of aliphatic hydroxyl groups excluding tert-OH is 1. The average molecular weight is 567 g/mol. The second kappa shape index (κ2) is 15.7. The van der Waals surface area contributed by atoms with E-state index in [1.165, 1.54) is 0 Å². The molecule has 0 radical (unpaired) electrons. The Hall–Kier alpha value is -2.27. The van der Waals surface area contributed by atoms with Gasteiger partial charge in [0.05, 0.1) is 30.5 Å². The highest BCUT2D eigenvalue weighted by Crippen LogP contribution is 2.34. The summed E-state index contributed by atoms with van der Waals surface area (Å²) in [4.78, 5) is 37.5. The van der Waals surface area contributed by atoms with E-state index in [1.54, 1.807) is 28.3 Å². The van der Waals surface area contributed by atoms with Gasteiger partial charge in [-0.2, -0.15) is 0 Å². The minimum Gasteiger partial charge on any atom is -0.441 e. The highest BCUT2D eigenvalue weighted by atomic mass is 16.6. The minimum atomic E-state index is -0.936. The van der Waals surface area contributed by atoms with E-state index in [2.05, 4.69) is 5.32 Å². The molecule has 0 aromatic carbocycles. The summed E-state index contributed by atoms with van der Waals surface area (Å²) in [7, 11) is 4.83. The number of nitrogens with two attached hydrogens (primary N) is 1. The van der Waals surface area contributed by atoms with Crippen molar-refractivity contribution in [3.63, 3.8) is 0 Å². The molecule has 0 aromatic heterocycles. The first-order valence-electron chi connectivity index (χ1n) is 14.2. The zero-order chi connectivity index (χ0) is 30.1. The lowest BCUT2D eigenvalue weighted by Gasteiger charge is -2.41. The smallest absolute Gasteiger partial charge is 0.405 e. The zero-order valence-electron chi connectivity index (χ0n) is 25.3. The monoisotopic (exact) mass is 566 g/mol. The summed E-state index contributed by atoms with van der Waals surface area (Å²) in [6, 6.07) is -0.693. The Labute approximate surface area is 239 Å². The van der Waals surface area contributed by atoms with Gasteiger partial charge in [-0.1, -0.05) is 45.9 Å². The normalized spacial score (nSPS) is 40.9. The lowest BCUT2D eigenvalue weighted by Crippen LogP contribution is -2.56. The number of fused-ring (bicyclic) bond motifs is 2. The molecule has 2 amide bonds. The first kappa shape index (κ1) is 33.9. The predicted octanol–water partition coefficient (Wildman–Crippen LogP) is 3.16. The number of Topliss-reactive ketones (excluding diaryl/α,β-unsaturated/α-hetero) is 1. The van der Waals surface area contributed by atoms with E-state index < -0.39 is 42.3 Å². The predicted molar refractivity (Wildman–Crippen MR) is 151 cm³/mol. The van der Waals surface area contributed by atoms with Crippen LogP contribution in [0.1, 0.15) is 60.3 Å². The molecule has 2 rings (SSSR count). The molecule has 1 aliphatic heterocycles. The molecule has 11 atom stereocenters. The maximum Gasteiger partial charge on any atom is 0.405 e. The van der Waals surface area contributed by atoms with Crippen LogP contribution in [0.25, 0.3) is 0 Å². The fourth-order valence-electron chi connectivity index (χ4n) is 6.35. The highest BCUT2D eigenvalue weighted by Gasteiger charge is 2.44. The van der Waals surface area contributed by atoms with Crippen LogP contribution in [0.3, 0.4) is 0 Å². The molecule has 4 unspecified atom stereocenters. The molecule has 4 N–H and O–H groups in total. The molecule has 2 bridgehead atoms. The van der Waals surface area contributed by atoms with Gasteiger partial charge in [-0.25, -0.2) is 4.79 Å². The highest BCUT2D eigenvalue weighted by molar-refractivity contribution is 5.83. The summed E-state index contributed by atoms with van der Waals surface area (Å²) in [6.45, 7) is 9.62. The topological polar surface area (TPSA) is 146 Å². The van der Waals surface area contributed by atoms with Gasteiger partial charge in [0.2, 0.25) is 5.91 Å². The van der Waals surface area contributed by atoms with Crippen molar-refractivity contribution in [3.05, 3.63) is 23.8 Å². The van der Waals surface area contributed by atoms with Gasteiger partial charge in [0.15, 0.2) is 0 Å². The number of methoxy groups -OCH3 is 3. The van der Waals surface area contributed by atoms with Gasteiger partial charge in [0.25, 0.3) is 0 Å². The largest absolute Gasteiger partial charge is 0.441 e. The Morgan fingerprint density at radius 1 is 1.00 bits per heavy atom. The van der Waals surface area contributed by atoms with Crippen molar-refractivity contribution >= 4 is 17.8 Å². The quantitative estimate of drug-likeness (QED) is 0.440. The molecule has 10 nitrogen and oxygen atoms in total. The third kappa shape index (κ3) is 8.86. The van der Waals surface area contributed by atoms with Gasteiger partial charge in [-0.15, -0.1) is 0 Å². The lowest BCUT2D eigenvalue weighted by molar-refractivity contribution is -0.138. The van der Waals surface area contributed by atoms with Gasteiger partial charge in [-0.3, -0.25) is 9.59 Å². The van der Waals surface area contributed by atoms with Crippen molar-refractivity contribution in [1.29, 1.82) is 0 Å². The van der Waals surface area contributed by atoms with Crippen LogP contribution in [0, 0.1) is 29.6 Å². The number of ketones is 1. The Morgan fingerprint density at radius 2 is 1.65 bits per heavy atom. The Kier molecular flexibility index (Phi) is 13.3. The number of nitrogens with one attached hydrogen (secondary N) is 1. The van der Waals surface area contributed by atoms with Crippen molar-refractivity contribution in [3.8, 4) is 0 Å². The maximum atomic E-state index is 13.0. The summed E-state index contributed by atoms with van der Waals surface area (Å²) < 4.78 is 23.2. The van der Waals surface area contributed by atoms with Crippen molar-refractivity contribution in [2.75, 3.05) is 21.3 Å². The van der Waals surface area contributed by atoms with E-state index in [-0.39, 0.29) is 54.5 Å². The Balaban J connectivity index is 2.52. The van der Waals surface area contributed by atoms with Gasteiger partial charge in [0.1, 0.15) is 11.9 Å². The van der Waals surface area contributed by atoms with Gasteiger partial charge in [0, 0.05) is 57.8 Å². The standard InChI is InChI=1S/C30H50N2O8/c1-16-10-9-11-17(2)29(35)32-23-15-21(33)14-22(25(23)34)27(38-7)20(5)13-24(37-6)28(39-8)19(4)12-18(3)26(16)40-30(31)36/h9-10,12,16-17,19-20,22-28,34H,11,13-15H2,1-8H3,(H2,31,36)(H,32,35)/b10-9+,18-12+/t16-,17?,19-,20-,22?,23?,24-,25?,26+,27+,28+/m0/s1. The van der Waals surface area contributed by atoms with Crippen LogP contribution in [0.4, 0.5) is 4.79 Å². The minimum absolute atomic E-state index is 0.0186.